The molecular formula is C21H28O. The van der Waals surface area contributed by atoms with Gasteiger partial charge in [0.05, 0.1) is 6.61 Å². The molecule has 0 aromatic heterocycles. The Hall–Kier alpha value is -1.60. The van der Waals surface area contributed by atoms with Crippen LogP contribution in [-0.4, -0.2) is 5.11 Å². The number of aryl methyl sites for hydroxylation is 2. The third-order valence-electron chi connectivity index (χ3n) is 4.21. The predicted octanol–water partition coefficient (Wildman–Crippen LogP) is 5.53. The number of unbranched alkanes of at least 4 members (excludes halogenated alkanes) is 2. The van der Waals surface area contributed by atoms with Crippen molar-refractivity contribution in [2.75, 3.05) is 0 Å². The van der Waals surface area contributed by atoms with Crippen LogP contribution in [-0.2, 0) is 19.4 Å². The first-order chi connectivity index (χ1) is 10.8. The van der Waals surface area contributed by atoms with Crippen LogP contribution in [0.3, 0.4) is 0 Å². The molecule has 2 aromatic carbocycles. The van der Waals surface area contributed by atoms with Crippen molar-refractivity contribution in [2.45, 2.75) is 59.0 Å². The van der Waals surface area contributed by atoms with Crippen LogP contribution in [0.15, 0.2) is 42.5 Å². The van der Waals surface area contributed by atoms with Gasteiger partial charge in [0.25, 0.3) is 0 Å². The fourth-order valence-electron chi connectivity index (χ4n) is 3.03. The van der Waals surface area contributed by atoms with E-state index in [1.54, 1.807) is 0 Å². The standard InChI is InChI=1S/C21H28O/c1-3-5-10-17-14-19(11-6-4-2)21(20(15-17)16-22)18-12-8-7-9-13-18/h7-9,12-15,22H,3-6,10-11,16H2,1-2H3. The Morgan fingerprint density at radius 1 is 0.818 bits per heavy atom. The van der Waals surface area contributed by atoms with E-state index in [1.165, 1.54) is 47.9 Å². The van der Waals surface area contributed by atoms with Crippen molar-refractivity contribution in [3.05, 3.63) is 59.2 Å². The second kappa shape index (κ2) is 8.75. The molecule has 1 nitrogen and oxygen atoms in total. The number of rotatable bonds is 8. The van der Waals surface area contributed by atoms with Crippen molar-refractivity contribution < 1.29 is 5.11 Å². The average Bonchev–Trinajstić information content (AvgIpc) is 2.58. The molecule has 2 rings (SSSR count). The molecule has 1 heteroatoms. The third kappa shape index (κ3) is 4.20. The molecule has 0 aliphatic rings. The van der Waals surface area contributed by atoms with Gasteiger partial charge in [0.1, 0.15) is 0 Å². The van der Waals surface area contributed by atoms with Gasteiger partial charge in [0.15, 0.2) is 0 Å². The summed E-state index contributed by atoms with van der Waals surface area (Å²) in [6.07, 6.45) is 7.01. The maximum Gasteiger partial charge on any atom is 0.0688 e. The molecule has 0 aliphatic heterocycles. The highest BCUT2D eigenvalue weighted by Crippen LogP contribution is 2.31. The normalized spacial score (nSPS) is 10.9. The fraction of sp³-hybridized carbons (Fsp3) is 0.429. The highest BCUT2D eigenvalue weighted by atomic mass is 16.3. The van der Waals surface area contributed by atoms with Gasteiger partial charge in [-0.2, -0.15) is 0 Å². The molecule has 0 radical (unpaired) electrons. The van der Waals surface area contributed by atoms with E-state index in [2.05, 4.69) is 50.2 Å². The number of hydrogen-bond acceptors (Lipinski definition) is 1. The minimum Gasteiger partial charge on any atom is -0.392 e. The van der Waals surface area contributed by atoms with Gasteiger partial charge < -0.3 is 5.11 Å². The van der Waals surface area contributed by atoms with E-state index < -0.39 is 0 Å². The Bertz CT molecular complexity index is 572. The van der Waals surface area contributed by atoms with Crippen molar-refractivity contribution in [2.24, 2.45) is 0 Å². The largest absolute Gasteiger partial charge is 0.392 e. The van der Waals surface area contributed by atoms with E-state index in [-0.39, 0.29) is 6.61 Å². The SMILES string of the molecule is CCCCc1cc(CO)c(-c2ccccc2)c(CCCC)c1. The molecule has 118 valence electrons. The zero-order chi connectivity index (χ0) is 15.8. The van der Waals surface area contributed by atoms with Gasteiger partial charge in [-0.15, -0.1) is 0 Å². The van der Waals surface area contributed by atoms with E-state index >= 15 is 0 Å². The number of aliphatic hydroxyl groups is 1. The lowest BCUT2D eigenvalue weighted by atomic mass is 9.89. The first-order valence-corrected chi connectivity index (χ1v) is 8.61. The fourth-order valence-corrected chi connectivity index (χ4v) is 3.03. The molecule has 22 heavy (non-hydrogen) atoms. The molecular weight excluding hydrogens is 268 g/mol. The zero-order valence-corrected chi connectivity index (χ0v) is 13.9. The van der Waals surface area contributed by atoms with Crippen molar-refractivity contribution in [1.82, 2.24) is 0 Å². The van der Waals surface area contributed by atoms with Crippen LogP contribution in [0.5, 0.6) is 0 Å². The van der Waals surface area contributed by atoms with Crippen LogP contribution in [0.1, 0.15) is 56.2 Å². The first kappa shape index (κ1) is 16.8. The van der Waals surface area contributed by atoms with E-state index in [9.17, 15) is 5.11 Å². The highest BCUT2D eigenvalue weighted by Gasteiger charge is 2.12. The Morgan fingerprint density at radius 2 is 1.45 bits per heavy atom. The molecule has 1 N–H and O–H groups in total. The van der Waals surface area contributed by atoms with Gasteiger partial charge in [0, 0.05) is 0 Å². The van der Waals surface area contributed by atoms with E-state index in [4.69, 9.17) is 0 Å². The van der Waals surface area contributed by atoms with Crippen LogP contribution >= 0.6 is 0 Å². The Morgan fingerprint density at radius 3 is 2.09 bits per heavy atom. The highest BCUT2D eigenvalue weighted by molar-refractivity contribution is 5.71. The quantitative estimate of drug-likeness (QED) is 0.679. The number of aliphatic hydroxyl groups excluding tert-OH is 1. The summed E-state index contributed by atoms with van der Waals surface area (Å²) in [6, 6.07) is 15.1. The molecule has 0 heterocycles. The molecule has 0 fully saturated rings. The maximum absolute atomic E-state index is 9.88. The molecule has 0 saturated carbocycles. The topological polar surface area (TPSA) is 20.2 Å². The van der Waals surface area contributed by atoms with Crippen LogP contribution in [0.2, 0.25) is 0 Å². The number of benzene rings is 2. The second-order valence-corrected chi connectivity index (χ2v) is 6.02. The molecule has 0 unspecified atom stereocenters. The summed E-state index contributed by atoms with van der Waals surface area (Å²) in [5.41, 5.74) is 6.31. The van der Waals surface area contributed by atoms with Gasteiger partial charge >= 0.3 is 0 Å². The number of hydrogen-bond donors (Lipinski definition) is 1. The zero-order valence-electron chi connectivity index (χ0n) is 13.9. The third-order valence-corrected chi connectivity index (χ3v) is 4.21. The lowest BCUT2D eigenvalue weighted by molar-refractivity contribution is 0.282. The van der Waals surface area contributed by atoms with E-state index in [0.717, 1.165) is 18.4 Å². The molecule has 0 saturated heterocycles. The van der Waals surface area contributed by atoms with Gasteiger partial charge in [-0.1, -0.05) is 69.2 Å². The lowest BCUT2D eigenvalue weighted by Crippen LogP contribution is -2.00. The monoisotopic (exact) mass is 296 g/mol. The molecule has 2 aromatic rings. The summed E-state index contributed by atoms with van der Waals surface area (Å²) in [5, 5.41) is 9.88. The van der Waals surface area contributed by atoms with Gasteiger partial charge in [0.2, 0.25) is 0 Å². The van der Waals surface area contributed by atoms with Gasteiger partial charge in [-0.3, -0.25) is 0 Å². The molecule has 0 amide bonds. The Balaban J connectivity index is 2.48. The first-order valence-electron chi connectivity index (χ1n) is 8.61. The Kier molecular flexibility index (Phi) is 6.67. The molecule has 0 atom stereocenters. The van der Waals surface area contributed by atoms with E-state index in [0.29, 0.717) is 0 Å². The van der Waals surface area contributed by atoms with E-state index in [1.807, 2.05) is 6.07 Å². The van der Waals surface area contributed by atoms with Crippen molar-refractivity contribution in [3.63, 3.8) is 0 Å². The van der Waals surface area contributed by atoms with Crippen LogP contribution in [0.25, 0.3) is 11.1 Å². The minimum atomic E-state index is 0.114. The van der Waals surface area contributed by atoms with Crippen molar-refractivity contribution >= 4 is 0 Å². The predicted molar refractivity (Wildman–Crippen MR) is 95.0 cm³/mol. The molecule has 0 spiro atoms. The minimum absolute atomic E-state index is 0.114. The van der Waals surface area contributed by atoms with Gasteiger partial charge in [-0.05, 0) is 53.5 Å². The lowest BCUT2D eigenvalue weighted by Gasteiger charge is -2.17. The van der Waals surface area contributed by atoms with Gasteiger partial charge in [-0.25, -0.2) is 0 Å². The maximum atomic E-state index is 9.88. The van der Waals surface area contributed by atoms with Crippen LogP contribution in [0, 0.1) is 0 Å². The van der Waals surface area contributed by atoms with Crippen molar-refractivity contribution in [3.8, 4) is 11.1 Å². The smallest absolute Gasteiger partial charge is 0.0688 e. The average molecular weight is 296 g/mol. The molecule has 0 aliphatic carbocycles. The summed E-state index contributed by atoms with van der Waals surface area (Å²) in [4.78, 5) is 0. The Labute approximate surface area is 135 Å². The van der Waals surface area contributed by atoms with Crippen LogP contribution < -0.4 is 0 Å². The van der Waals surface area contributed by atoms with Crippen LogP contribution in [0.4, 0.5) is 0 Å². The second-order valence-electron chi connectivity index (χ2n) is 6.02. The summed E-state index contributed by atoms with van der Waals surface area (Å²) >= 11 is 0. The summed E-state index contributed by atoms with van der Waals surface area (Å²) in [5.74, 6) is 0. The summed E-state index contributed by atoms with van der Waals surface area (Å²) in [7, 11) is 0. The summed E-state index contributed by atoms with van der Waals surface area (Å²) < 4.78 is 0. The van der Waals surface area contributed by atoms with Crippen molar-refractivity contribution in [1.29, 1.82) is 0 Å². The molecule has 0 bridgehead atoms. The summed E-state index contributed by atoms with van der Waals surface area (Å²) in [6.45, 7) is 4.57.